The highest BCUT2D eigenvalue weighted by molar-refractivity contribution is 6.03. The molecule has 0 spiro atoms. The number of hydrogen-bond acceptors (Lipinski definition) is 4. The lowest BCUT2D eigenvalue weighted by molar-refractivity contribution is -0.114. The first kappa shape index (κ1) is 23.1. The van der Waals surface area contributed by atoms with Gasteiger partial charge in [0.1, 0.15) is 11.6 Å². The third kappa shape index (κ3) is 4.68. The summed E-state index contributed by atoms with van der Waals surface area (Å²) in [6, 6.07) is 12.0. The van der Waals surface area contributed by atoms with Crippen LogP contribution in [0.25, 0.3) is 29.5 Å². The van der Waals surface area contributed by atoms with Crippen molar-refractivity contribution in [3.05, 3.63) is 63.8 Å². The zero-order valence-corrected chi connectivity index (χ0v) is 19.4. The van der Waals surface area contributed by atoms with Crippen molar-refractivity contribution in [3.63, 3.8) is 0 Å². The smallest absolute Gasteiger partial charge is 0.259 e. The summed E-state index contributed by atoms with van der Waals surface area (Å²) in [7, 11) is 4.07. The van der Waals surface area contributed by atoms with Crippen molar-refractivity contribution in [3.8, 4) is 17.3 Å². The summed E-state index contributed by atoms with van der Waals surface area (Å²) in [6.45, 7) is 12.3. The van der Waals surface area contributed by atoms with Crippen LogP contribution in [0.15, 0.2) is 47.7 Å². The minimum Gasteiger partial charge on any atom is -0.369 e. The Labute approximate surface area is 189 Å². The summed E-state index contributed by atoms with van der Waals surface area (Å²) in [6.07, 6.45) is 4.36. The van der Waals surface area contributed by atoms with Crippen LogP contribution in [0.4, 0.5) is 0 Å². The Morgan fingerprint density at radius 2 is 1.84 bits per heavy atom. The Bertz CT molecular complexity index is 1230. The van der Waals surface area contributed by atoms with Crippen LogP contribution in [0.2, 0.25) is 0 Å². The lowest BCUT2D eigenvalue weighted by Crippen LogP contribution is -2.43. The number of rotatable bonds is 5. The molecule has 2 aromatic rings. The van der Waals surface area contributed by atoms with E-state index >= 15 is 0 Å². The monoisotopic (exact) mass is 429 g/mol. The zero-order chi connectivity index (χ0) is 23.4. The molecule has 1 aromatic carbocycles. The SMILES string of the molecule is C=c1cc(-c2ccc(/C(C)=C(\C#N)C(N)=O)n2C)cc/c1=C/C(=C\C)N1CCN(C)CC1. The van der Waals surface area contributed by atoms with Gasteiger partial charge in [0.15, 0.2) is 0 Å². The van der Waals surface area contributed by atoms with E-state index in [0.717, 1.165) is 53.6 Å². The topological polar surface area (TPSA) is 78.3 Å². The molecule has 0 saturated carbocycles. The second-order valence-electron chi connectivity index (χ2n) is 8.20. The number of carbonyl (C=O) groups is 1. The molecule has 0 bridgehead atoms. The second-order valence-corrected chi connectivity index (χ2v) is 8.20. The number of nitrogens with two attached hydrogens (primary N) is 1. The van der Waals surface area contributed by atoms with E-state index in [1.807, 2.05) is 29.8 Å². The molecule has 6 heteroatoms. The van der Waals surface area contributed by atoms with Gasteiger partial charge in [-0.05, 0) is 66.7 Å². The van der Waals surface area contributed by atoms with Crippen molar-refractivity contribution < 1.29 is 4.79 Å². The summed E-state index contributed by atoms with van der Waals surface area (Å²) in [4.78, 5) is 16.3. The van der Waals surface area contributed by atoms with Gasteiger partial charge in [0.25, 0.3) is 5.91 Å². The largest absolute Gasteiger partial charge is 0.369 e. The maximum Gasteiger partial charge on any atom is 0.259 e. The molecule has 32 heavy (non-hydrogen) atoms. The number of allylic oxidation sites excluding steroid dienone is 3. The molecule has 0 atom stereocenters. The van der Waals surface area contributed by atoms with E-state index < -0.39 is 5.91 Å². The molecular weight excluding hydrogens is 398 g/mol. The number of primary amides is 1. The molecule has 6 nitrogen and oxygen atoms in total. The molecule has 1 amide bonds. The first-order chi connectivity index (χ1) is 15.3. The van der Waals surface area contributed by atoms with Crippen molar-refractivity contribution in [2.75, 3.05) is 33.2 Å². The van der Waals surface area contributed by atoms with Gasteiger partial charge < -0.3 is 20.1 Å². The molecule has 0 radical (unpaired) electrons. The Morgan fingerprint density at radius 1 is 1.16 bits per heavy atom. The minimum atomic E-state index is -0.715. The van der Waals surface area contributed by atoms with Crippen molar-refractivity contribution in [1.82, 2.24) is 14.4 Å². The van der Waals surface area contributed by atoms with Crippen LogP contribution < -0.4 is 16.2 Å². The van der Waals surface area contributed by atoms with Gasteiger partial charge in [0.05, 0.1) is 0 Å². The number of carbonyl (C=O) groups excluding carboxylic acids is 1. The number of nitrogens with zero attached hydrogens (tertiary/aromatic N) is 4. The van der Waals surface area contributed by atoms with Gasteiger partial charge in [-0.15, -0.1) is 0 Å². The Kier molecular flexibility index (Phi) is 7.01. The standard InChI is InChI=1S/C26H31N5O/c1-6-22(31-13-11-29(4)12-14-31)16-20-7-8-21(15-18(20)2)25-10-9-24(30(25)5)19(3)23(17-27)26(28)32/h6-10,15-16H,2,11-14H2,1,3-5H3,(H2,28,32)/b20-16-,22-6+,23-19+. The quantitative estimate of drug-likeness (QED) is 0.581. The van der Waals surface area contributed by atoms with Crippen LogP contribution >= 0.6 is 0 Å². The molecule has 2 N–H and O–H groups in total. The normalized spacial score (nSPS) is 16.7. The molecular formula is C26H31N5O. The highest BCUT2D eigenvalue weighted by Crippen LogP contribution is 2.26. The number of amides is 1. The highest BCUT2D eigenvalue weighted by atomic mass is 16.1. The number of hydrogen-bond donors (Lipinski definition) is 1. The fourth-order valence-corrected chi connectivity index (χ4v) is 4.12. The van der Waals surface area contributed by atoms with E-state index in [2.05, 4.69) is 60.7 Å². The van der Waals surface area contributed by atoms with E-state index in [1.165, 1.54) is 5.70 Å². The van der Waals surface area contributed by atoms with Crippen LogP contribution in [-0.4, -0.2) is 53.5 Å². The van der Waals surface area contributed by atoms with Crippen molar-refractivity contribution >= 4 is 24.1 Å². The van der Waals surface area contributed by atoms with Crippen LogP contribution in [0, 0.1) is 11.3 Å². The number of piperazine rings is 1. The number of benzene rings is 1. The Hall–Kier alpha value is -3.56. The highest BCUT2D eigenvalue weighted by Gasteiger charge is 2.16. The van der Waals surface area contributed by atoms with Crippen LogP contribution in [0.1, 0.15) is 19.5 Å². The van der Waals surface area contributed by atoms with E-state index in [4.69, 9.17) is 5.73 Å². The zero-order valence-electron chi connectivity index (χ0n) is 19.4. The number of nitriles is 1. The average Bonchev–Trinajstić information content (AvgIpc) is 3.15. The molecule has 1 aliphatic rings. The molecule has 1 saturated heterocycles. The number of aromatic nitrogens is 1. The summed E-state index contributed by atoms with van der Waals surface area (Å²) in [5.41, 5.74) is 9.89. The molecule has 2 heterocycles. The van der Waals surface area contributed by atoms with E-state index in [9.17, 15) is 10.1 Å². The van der Waals surface area contributed by atoms with E-state index in [1.54, 1.807) is 6.92 Å². The fourth-order valence-electron chi connectivity index (χ4n) is 4.12. The summed E-state index contributed by atoms with van der Waals surface area (Å²) in [5.74, 6) is -0.715. The lowest BCUT2D eigenvalue weighted by atomic mass is 10.1. The summed E-state index contributed by atoms with van der Waals surface area (Å²) < 4.78 is 1.97. The lowest BCUT2D eigenvalue weighted by Gasteiger charge is -2.34. The van der Waals surface area contributed by atoms with Crippen molar-refractivity contribution in [2.24, 2.45) is 12.8 Å². The second kappa shape index (κ2) is 9.71. The third-order valence-corrected chi connectivity index (χ3v) is 6.15. The van der Waals surface area contributed by atoms with Crippen LogP contribution in [-0.2, 0) is 11.8 Å². The predicted molar refractivity (Wildman–Crippen MR) is 130 cm³/mol. The molecule has 1 aliphatic heterocycles. The molecule has 0 unspecified atom stereocenters. The van der Waals surface area contributed by atoms with Gasteiger partial charge >= 0.3 is 0 Å². The maximum atomic E-state index is 11.6. The Balaban J connectivity index is 1.95. The van der Waals surface area contributed by atoms with Gasteiger partial charge in [-0.25, -0.2) is 0 Å². The van der Waals surface area contributed by atoms with Crippen LogP contribution in [0.3, 0.4) is 0 Å². The van der Waals surface area contributed by atoms with Gasteiger partial charge in [-0.2, -0.15) is 5.26 Å². The fraction of sp³-hybridized carbons (Fsp3) is 0.308. The molecule has 1 aromatic heterocycles. The van der Waals surface area contributed by atoms with Gasteiger partial charge in [0.2, 0.25) is 0 Å². The van der Waals surface area contributed by atoms with Crippen LogP contribution in [0.5, 0.6) is 0 Å². The summed E-state index contributed by atoms with van der Waals surface area (Å²) in [5, 5.41) is 11.3. The summed E-state index contributed by atoms with van der Waals surface area (Å²) >= 11 is 0. The van der Waals surface area contributed by atoms with E-state index in [-0.39, 0.29) is 5.57 Å². The van der Waals surface area contributed by atoms with Gasteiger partial charge in [-0.1, -0.05) is 24.8 Å². The van der Waals surface area contributed by atoms with Crippen molar-refractivity contribution in [1.29, 1.82) is 5.26 Å². The van der Waals surface area contributed by atoms with E-state index in [0.29, 0.717) is 5.57 Å². The number of likely N-dealkylation sites (N-methyl/N-ethyl adjacent to an activating group) is 1. The third-order valence-electron chi connectivity index (χ3n) is 6.15. The van der Waals surface area contributed by atoms with Crippen molar-refractivity contribution in [2.45, 2.75) is 13.8 Å². The maximum absolute atomic E-state index is 11.6. The molecule has 1 fully saturated rings. The molecule has 0 aliphatic carbocycles. The van der Waals surface area contributed by atoms with Gasteiger partial charge in [0, 0.05) is 50.3 Å². The first-order valence-electron chi connectivity index (χ1n) is 10.7. The minimum absolute atomic E-state index is 0.0247. The average molecular weight is 430 g/mol. The van der Waals surface area contributed by atoms with Gasteiger partial charge in [-0.3, -0.25) is 4.79 Å². The predicted octanol–water partition coefficient (Wildman–Crippen LogP) is 1.82. The first-order valence-corrected chi connectivity index (χ1v) is 10.7. The Morgan fingerprint density at radius 3 is 2.41 bits per heavy atom. The molecule has 166 valence electrons. The molecule has 3 rings (SSSR count).